The molecule has 1 aliphatic rings. The molecule has 9 nitrogen and oxygen atoms in total. The number of aromatic nitrogens is 3. The van der Waals surface area contributed by atoms with E-state index in [0.29, 0.717) is 12.9 Å². The van der Waals surface area contributed by atoms with Crippen molar-refractivity contribution in [2.75, 3.05) is 13.8 Å². The Kier molecular flexibility index (Phi) is 11.0. The van der Waals surface area contributed by atoms with Gasteiger partial charge in [-0.2, -0.15) is 0 Å². The molecule has 1 aliphatic heterocycles. The Morgan fingerprint density at radius 1 is 1.26 bits per heavy atom. The molecular weight excluding hydrogens is 605 g/mol. The van der Waals surface area contributed by atoms with Crippen LogP contribution in [0, 0.1) is 0 Å². The van der Waals surface area contributed by atoms with Crippen LogP contribution in [0.15, 0.2) is 63.1 Å². The van der Waals surface area contributed by atoms with Crippen molar-refractivity contribution in [1.82, 2.24) is 15.0 Å². The maximum atomic E-state index is 13.6. The van der Waals surface area contributed by atoms with E-state index < -0.39 is 37.4 Å². The quantitative estimate of drug-likeness (QED) is 0.258. The van der Waals surface area contributed by atoms with Crippen LogP contribution in [0.5, 0.6) is 0 Å². The van der Waals surface area contributed by atoms with Crippen molar-refractivity contribution in [2.24, 2.45) is 15.7 Å². The summed E-state index contributed by atoms with van der Waals surface area (Å²) < 4.78 is 45.1. The fraction of sp³-hybridized carbons (Fsp3) is 0.360. The van der Waals surface area contributed by atoms with Crippen LogP contribution >= 0.6 is 27.5 Å². The predicted molar refractivity (Wildman–Crippen MR) is 146 cm³/mol. The fourth-order valence-corrected chi connectivity index (χ4v) is 4.43. The van der Waals surface area contributed by atoms with Crippen LogP contribution in [0.2, 0.25) is 5.02 Å². The molecule has 0 amide bonds. The first-order chi connectivity index (χ1) is 18.7. The first-order valence-corrected chi connectivity index (χ1v) is 12.8. The van der Waals surface area contributed by atoms with E-state index in [0.717, 1.165) is 10.0 Å². The first kappa shape index (κ1) is 30.7. The van der Waals surface area contributed by atoms with Crippen LogP contribution < -0.4 is 5.73 Å². The van der Waals surface area contributed by atoms with Crippen molar-refractivity contribution in [1.29, 1.82) is 0 Å². The number of halogens is 5. The van der Waals surface area contributed by atoms with E-state index in [1.807, 2.05) is 24.3 Å². The van der Waals surface area contributed by atoms with E-state index in [4.69, 9.17) is 22.1 Å². The molecule has 2 heterocycles. The van der Waals surface area contributed by atoms with Crippen molar-refractivity contribution in [3.63, 3.8) is 0 Å². The standard InChI is InChI=1S/C24H24BrClF2N6O3.CH3F/c1-12(29)30-24(31-17-8-15(26)6-7-16(17)23(27)28)20-9-19(22(36)21(11-35)37-20)34-10-18(32-33-34)13-2-4-14(25)5-3-13;1-2/h2-8,10,19-23,35-36H,9,11H2,1H3,(H2,29,30,31);1H3. The highest BCUT2D eigenvalue weighted by Crippen LogP contribution is 2.35. The van der Waals surface area contributed by atoms with Gasteiger partial charge in [-0.1, -0.05) is 44.9 Å². The van der Waals surface area contributed by atoms with Crippen LogP contribution in [0.25, 0.3) is 11.3 Å². The highest BCUT2D eigenvalue weighted by molar-refractivity contribution is 9.10. The van der Waals surface area contributed by atoms with Crippen LogP contribution in [-0.2, 0) is 4.74 Å². The number of hydrogen-bond acceptors (Lipinski definition) is 6. The first-order valence-electron chi connectivity index (χ1n) is 11.6. The number of benzene rings is 2. The predicted octanol–water partition coefficient (Wildman–Crippen LogP) is 5.04. The minimum absolute atomic E-state index is 0.00670. The lowest BCUT2D eigenvalue weighted by Gasteiger charge is -2.38. The summed E-state index contributed by atoms with van der Waals surface area (Å²) in [5, 5.41) is 29.4. The van der Waals surface area contributed by atoms with Crippen molar-refractivity contribution in [3.8, 4) is 11.3 Å². The summed E-state index contributed by atoms with van der Waals surface area (Å²) in [4.78, 5) is 8.56. The number of aliphatic hydroxyl groups is 2. The summed E-state index contributed by atoms with van der Waals surface area (Å²) in [6, 6.07) is 10.6. The number of nitrogens with zero attached hydrogens (tertiary/aromatic N) is 5. The maximum absolute atomic E-state index is 13.6. The minimum atomic E-state index is -2.81. The van der Waals surface area contributed by atoms with Gasteiger partial charge < -0.3 is 20.7 Å². The van der Waals surface area contributed by atoms with E-state index in [9.17, 15) is 23.4 Å². The van der Waals surface area contributed by atoms with Gasteiger partial charge in [0.25, 0.3) is 6.43 Å². The third kappa shape index (κ3) is 7.63. The molecule has 0 aliphatic carbocycles. The van der Waals surface area contributed by atoms with Gasteiger partial charge in [-0.05, 0) is 37.3 Å². The Bertz CT molecular complexity index is 1300. The zero-order chi connectivity index (χ0) is 28.7. The van der Waals surface area contributed by atoms with Crippen molar-refractivity contribution < 1.29 is 28.1 Å². The van der Waals surface area contributed by atoms with Crippen LogP contribution in [0.4, 0.5) is 18.9 Å². The number of hydrogen-bond donors (Lipinski definition) is 3. The molecule has 0 bridgehead atoms. The lowest BCUT2D eigenvalue weighted by molar-refractivity contribution is -0.137. The van der Waals surface area contributed by atoms with Crippen molar-refractivity contribution >= 4 is 44.9 Å². The number of rotatable bonds is 6. The van der Waals surface area contributed by atoms with E-state index in [-0.39, 0.29) is 34.4 Å². The number of aliphatic hydroxyl groups excluding tert-OH is 2. The number of nitrogens with two attached hydrogens (primary N) is 1. The molecule has 210 valence electrons. The monoisotopic (exact) mass is 630 g/mol. The van der Waals surface area contributed by atoms with Gasteiger partial charge in [-0.15, -0.1) is 5.10 Å². The summed E-state index contributed by atoms with van der Waals surface area (Å²) >= 11 is 9.43. The molecule has 1 fully saturated rings. The highest BCUT2D eigenvalue weighted by atomic mass is 79.9. The smallest absolute Gasteiger partial charge is 0.265 e. The van der Waals surface area contributed by atoms with E-state index in [1.54, 1.807) is 6.20 Å². The Balaban J connectivity index is 0.00000205. The summed E-state index contributed by atoms with van der Waals surface area (Å²) in [5.74, 6) is 0.109. The molecular formula is C25H27BrClF3N6O3. The molecule has 3 aromatic rings. The zero-order valence-electron chi connectivity index (χ0n) is 20.9. The summed E-state index contributed by atoms with van der Waals surface area (Å²) in [6.45, 7) is 1.00. The second kappa shape index (κ2) is 14.0. The molecule has 14 heteroatoms. The topological polar surface area (TPSA) is 131 Å². The van der Waals surface area contributed by atoms with Gasteiger partial charge in [0.1, 0.15) is 24.0 Å². The van der Waals surface area contributed by atoms with Gasteiger partial charge in [0.2, 0.25) is 0 Å². The molecule has 1 saturated heterocycles. The lowest BCUT2D eigenvalue weighted by atomic mass is 9.95. The van der Waals surface area contributed by atoms with Crippen LogP contribution in [-0.4, -0.2) is 69.0 Å². The zero-order valence-corrected chi connectivity index (χ0v) is 23.3. The molecule has 4 rings (SSSR count). The molecule has 4 N–H and O–H groups in total. The Labute approximate surface area is 236 Å². The van der Waals surface area contributed by atoms with E-state index in [2.05, 4.69) is 36.2 Å². The van der Waals surface area contributed by atoms with Gasteiger partial charge in [0.15, 0.2) is 5.84 Å². The van der Waals surface area contributed by atoms with Crippen molar-refractivity contribution in [3.05, 3.63) is 63.7 Å². The normalized spacial score (nSPS) is 22.0. The lowest BCUT2D eigenvalue weighted by Crippen LogP contribution is -2.50. The number of aliphatic imine (C=N–C) groups is 2. The van der Waals surface area contributed by atoms with Gasteiger partial charge in [-0.3, -0.25) is 4.39 Å². The number of amidine groups is 2. The molecule has 4 unspecified atom stereocenters. The minimum Gasteiger partial charge on any atom is -0.394 e. The maximum Gasteiger partial charge on any atom is 0.265 e. The summed E-state index contributed by atoms with van der Waals surface area (Å²) in [5.41, 5.74) is 6.77. The third-order valence-corrected chi connectivity index (χ3v) is 6.55. The largest absolute Gasteiger partial charge is 0.394 e. The van der Waals surface area contributed by atoms with Crippen LogP contribution in [0.3, 0.4) is 0 Å². The molecule has 1 aromatic heterocycles. The Morgan fingerprint density at radius 3 is 2.56 bits per heavy atom. The molecule has 0 radical (unpaired) electrons. The van der Waals surface area contributed by atoms with Gasteiger partial charge >= 0.3 is 0 Å². The van der Waals surface area contributed by atoms with Gasteiger partial charge in [0, 0.05) is 27.0 Å². The summed E-state index contributed by atoms with van der Waals surface area (Å²) in [6.07, 6.45) is -4.13. The fourth-order valence-electron chi connectivity index (χ4n) is 4.00. The van der Waals surface area contributed by atoms with E-state index >= 15 is 0 Å². The molecule has 4 atom stereocenters. The highest BCUT2D eigenvalue weighted by Gasteiger charge is 2.41. The molecule has 0 spiro atoms. The van der Waals surface area contributed by atoms with Gasteiger partial charge in [0.05, 0.1) is 37.5 Å². The second-order valence-electron chi connectivity index (χ2n) is 8.46. The average molecular weight is 632 g/mol. The number of ether oxygens (including phenoxy) is 1. The average Bonchev–Trinajstić information content (AvgIpc) is 3.40. The summed E-state index contributed by atoms with van der Waals surface area (Å²) in [7, 11) is 0.500. The van der Waals surface area contributed by atoms with Gasteiger partial charge in [-0.25, -0.2) is 23.4 Å². The SMILES string of the molecule is CC(N)=NC(=Nc1cc(Cl)ccc1C(F)F)C1CC(n2cc(-c3ccc(Br)cc3)nn2)C(O)C(CO)O1.CF. The molecule has 2 aromatic carbocycles. The molecule has 0 saturated carbocycles. The number of alkyl halides is 3. The second-order valence-corrected chi connectivity index (χ2v) is 9.81. The van der Waals surface area contributed by atoms with Crippen LogP contribution in [0.1, 0.15) is 31.4 Å². The Morgan fingerprint density at radius 2 is 1.95 bits per heavy atom. The Hall–Kier alpha value is -2.84. The molecule has 39 heavy (non-hydrogen) atoms. The van der Waals surface area contributed by atoms with E-state index in [1.165, 1.54) is 29.8 Å². The third-order valence-electron chi connectivity index (χ3n) is 5.78. The van der Waals surface area contributed by atoms with Crippen molar-refractivity contribution in [2.45, 2.75) is 44.1 Å².